The molecule has 1 saturated heterocycles. The Morgan fingerprint density at radius 1 is 1.33 bits per heavy atom. The van der Waals surface area contributed by atoms with E-state index in [2.05, 4.69) is 4.98 Å². The average Bonchev–Trinajstić information content (AvgIpc) is 3.34. The van der Waals surface area contributed by atoms with E-state index in [1.807, 2.05) is 16.3 Å². The van der Waals surface area contributed by atoms with Crippen LogP contribution in [-0.4, -0.2) is 22.3 Å². The standard InChI is InChI=1S/C18H15FN2O2S/c19-14-5-3-12(4-6-14)16-2-1-7-21(16)18(22)13-8-17(24-10-13)15-9-23-11-20-15/h3-6,8-11,16H,1-2,7H2. The molecule has 0 aliphatic carbocycles. The quantitative estimate of drug-likeness (QED) is 0.703. The van der Waals surface area contributed by atoms with Crippen molar-refractivity contribution in [2.24, 2.45) is 0 Å². The van der Waals surface area contributed by atoms with E-state index in [4.69, 9.17) is 4.42 Å². The minimum atomic E-state index is -0.260. The Balaban J connectivity index is 1.58. The molecule has 1 aliphatic rings. The van der Waals surface area contributed by atoms with Gasteiger partial charge >= 0.3 is 0 Å². The van der Waals surface area contributed by atoms with Gasteiger partial charge in [-0.1, -0.05) is 12.1 Å². The van der Waals surface area contributed by atoms with Crippen LogP contribution in [0.1, 0.15) is 34.8 Å². The van der Waals surface area contributed by atoms with Crippen LogP contribution in [-0.2, 0) is 0 Å². The second-order valence-corrected chi connectivity index (χ2v) is 6.69. The minimum absolute atomic E-state index is 0.00724. The van der Waals surface area contributed by atoms with Crippen LogP contribution in [0.25, 0.3) is 10.6 Å². The number of thiophene rings is 1. The third-order valence-corrected chi connectivity index (χ3v) is 5.25. The summed E-state index contributed by atoms with van der Waals surface area (Å²) in [7, 11) is 0. The van der Waals surface area contributed by atoms with Crippen LogP contribution < -0.4 is 0 Å². The molecule has 4 nitrogen and oxygen atoms in total. The number of rotatable bonds is 3. The van der Waals surface area contributed by atoms with E-state index in [1.54, 1.807) is 18.4 Å². The molecule has 0 radical (unpaired) electrons. The zero-order valence-electron chi connectivity index (χ0n) is 12.8. The summed E-state index contributed by atoms with van der Waals surface area (Å²) in [6.07, 6.45) is 4.80. The number of oxazole rings is 1. The Labute approximate surface area is 142 Å². The molecule has 2 aromatic heterocycles. The molecule has 24 heavy (non-hydrogen) atoms. The smallest absolute Gasteiger partial charge is 0.255 e. The van der Waals surface area contributed by atoms with Gasteiger partial charge < -0.3 is 9.32 Å². The second kappa shape index (κ2) is 6.20. The van der Waals surface area contributed by atoms with Crippen LogP contribution in [0.5, 0.6) is 0 Å². The van der Waals surface area contributed by atoms with Gasteiger partial charge in [-0.2, -0.15) is 0 Å². The summed E-state index contributed by atoms with van der Waals surface area (Å²) in [5.74, 6) is -0.252. The maximum Gasteiger partial charge on any atom is 0.255 e. The molecule has 1 amide bonds. The molecule has 0 bridgehead atoms. The summed E-state index contributed by atoms with van der Waals surface area (Å²) in [5.41, 5.74) is 2.37. The molecule has 3 aromatic rings. The van der Waals surface area contributed by atoms with E-state index in [1.165, 1.54) is 29.9 Å². The molecule has 1 atom stereocenters. The first-order valence-electron chi connectivity index (χ1n) is 7.76. The van der Waals surface area contributed by atoms with Gasteiger partial charge in [-0.15, -0.1) is 11.3 Å². The minimum Gasteiger partial charge on any atom is -0.451 e. The molecule has 6 heteroatoms. The first-order chi connectivity index (χ1) is 11.7. The number of benzene rings is 1. The molecule has 122 valence electrons. The number of aromatic nitrogens is 1. The number of halogens is 1. The summed E-state index contributed by atoms with van der Waals surface area (Å²) >= 11 is 1.47. The van der Waals surface area contributed by atoms with Crippen LogP contribution in [0.15, 0.2) is 52.8 Å². The van der Waals surface area contributed by atoms with Crippen LogP contribution in [0.4, 0.5) is 4.39 Å². The van der Waals surface area contributed by atoms with Crippen molar-refractivity contribution >= 4 is 17.2 Å². The van der Waals surface area contributed by atoms with Gasteiger partial charge in [0.05, 0.1) is 16.5 Å². The second-order valence-electron chi connectivity index (χ2n) is 5.78. The van der Waals surface area contributed by atoms with Crippen molar-refractivity contribution in [2.75, 3.05) is 6.54 Å². The molecule has 1 fully saturated rings. The zero-order chi connectivity index (χ0) is 16.5. The number of hydrogen-bond acceptors (Lipinski definition) is 4. The molecule has 3 heterocycles. The lowest BCUT2D eigenvalue weighted by Crippen LogP contribution is -2.30. The van der Waals surface area contributed by atoms with Gasteiger partial charge in [0.2, 0.25) is 0 Å². The van der Waals surface area contributed by atoms with E-state index in [9.17, 15) is 9.18 Å². The van der Waals surface area contributed by atoms with Gasteiger partial charge in [-0.05, 0) is 36.6 Å². The largest absolute Gasteiger partial charge is 0.451 e. The van der Waals surface area contributed by atoms with Crippen molar-refractivity contribution in [3.63, 3.8) is 0 Å². The van der Waals surface area contributed by atoms with E-state index in [0.29, 0.717) is 5.56 Å². The maximum absolute atomic E-state index is 13.1. The van der Waals surface area contributed by atoms with Crippen molar-refractivity contribution in [1.29, 1.82) is 0 Å². The summed E-state index contributed by atoms with van der Waals surface area (Å²) in [4.78, 5) is 19.8. The summed E-state index contributed by atoms with van der Waals surface area (Å²) in [5, 5.41) is 1.85. The van der Waals surface area contributed by atoms with Crippen molar-refractivity contribution < 1.29 is 13.6 Å². The SMILES string of the molecule is O=C(c1csc(-c2cocn2)c1)N1CCCC1c1ccc(F)cc1. The third-order valence-electron chi connectivity index (χ3n) is 4.30. The van der Waals surface area contributed by atoms with E-state index >= 15 is 0 Å². The van der Waals surface area contributed by atoms with Crippen LogP contribution >= 0.6 is 11.3 Å². The highest BCUT2D eigenvalue weighted by atomic mass is 32.1. The van der Waals surface area contributed by atoms with Gasteiger partial charge in [0, 0.05) is 11.9 Å². The molecule has 0 N–H and O–H groups in total. The van der Waals surface area contributed by atoms with Crippen LogP contribution in [0.3, 0.4) is 0 Å². The lowest BCUT2D eigenvalue weighted by molar-refractivity contribution is 0.0736. The van der Waals surface area contributed by atoms with Crippen molar-refractivity contribution in [2.45, 2.75) is 18.9 Å². The molecule has 1 aromatic carbocycles. The monoisotopic (exact) mass is 342 g/mol. The molecular weight excluding hydrogens is 327 g/mol. The highest BCUT2D eigenvalue weighted by Crippen LogP contribution is 2.34. The number of hydrogen-bond donors (Lipinski definition) is 0. The first kappa shape index (κ1) is 15.1. The lowest BCUT2D eigenvalue weighted by atomic mass is 10.0. The fourth-order valence-electron chi connectivity index (χ4n) is 3.12. The number of carbonyl (C=O) groups excluding carboxylic acids is 1. The Kier molecular flexibility index (Phi) is 3.90. The highest BCUT2D eigenvalue weighted by molar-refractivity contribution is 7.13. The van der Waals surface area contributed by atoms with Gasteiger partial charge in [-0.25, -0.2) is 9.37 Å². The third kappa shape index (κ3) is 2.73. The molecular formula is C18H15FN2O2S. The summed E-state index contributed by atoms with van der Waals surface area (Å²) in [6, 6.07) is 8.28. The number of carbonyl (C=O) groups is 1. The first-order valence-corrected chi connectivity index (χ1v) is 8.64. The number of amides is 1. The van der Waals surface area contributed by atoms with E-state index < -0.39 is 0 Å². The fourth-order valence-corrected chi connectivity index (χ4v) is 3.96. The maximum atomic E-state index is 13.1. The topological polar surface area (TPSA) is 46.3 Å². The Bertz CT molecular complexity index is 842. The Morgan fingerprint density at radius 2 is 2.17 bits per heavy atom. The van der Waals surface area contributed by atoms with Gasteiger partial charge in [0.25, 0.3) is 5.91 Å². The van der Waals surface area contributed by atoms with Crippen LogP contribution in [0, 0.1) is 5.82 Å². The number of likely N-dealkylation sites (tertiary alicyclic amines) is 1. The number of nitrogens with zero attached hydrogens (tertiary/aromatic N) is 2. The average molecular weight is 342 g/mol. The molecule has 4 rings (SSSR count). The predicted molar refractivity (Wildman–Crippen MR) is 89.2 cm³/mol. The predicted octanol–water partition coefficient (Wildman–Crippen LogP) is 4.52. The normalized spacial score (nSPS) is 17.4. The lowest BCUT2D eigenvalue weighted by Gasteiger charge is -2.24. The van der Waals surface area contributed by atoms with Crippen molar-refractivity contribution in [3.8, 4) is 10.6 Å². The Hall–Kier alpha value is -2.47. The summed E-state index contributed by atoms with van der Waals surface area (Å²) < 4.78 is 18.1. The van der Waals surface area contributed by atoms with Gasteiger partial charge in [0.15, 0.2) is 6.39 Å². The van der Waals surface area contributed by atoms with Gasteiger partial charge in [0.1, 0.15) is 17.8 Å². The van der Waals surface area contributed by atoms with E-state index in [0.717, 1.165) is 35.5 Å². The zero-order valence-corrected chi connectivity index (χ0v) is 13.6. The molecule has 1 unspecified atom stereocenters. The van der Waals surface area contributed by atoms with Crippen molar-refractivity contribution in [1.82, 2.24) is 9.88 Å². The molecule has 1 aliphatic heterocycles. The highest BCUT2D eigenvalue weighted by Gasteiger charge is 2.31. The molecule has 0 saturated carbocycles. The summed E-state index contributed by atoms with van der Waals surface area (Å²) in [6.45, 7) is 0.718. The van der Waals surface area contributed by atoms with Crippen LogP contribution in [0.2, 0.25) is 0 Å². The Morgan fingerprint density at radius 3 is 2.92 bits per heavy atom. The molecule has 0 spiro atoms. The van der Waals surface area contributed by atoms with E-state index in [-0.39, 0.29) is 17.8 Å². The fraction of sp³-hybridized carbons (Fsp3) is 0.222. The van der Waals surface area contributed by atoms with Crippen molar-refractivity contribution in [3.05, 3.63) is 65.3 Å². The van der Waals surface area contributed by atoms with Gasteiger partial charge in [-0.3, -0.25) is 4.79 Å².